The first-order chi connectivity index (χ1) is 9.79. The van der Waals surface area contributed by atoms with Gasteiger partial charge in [-0.25, -0.2) is 10.8 Å². The first-order valence-electron chi connectivity index (χ1n) is 5.57. The molecule has 0 spiro atoms. The minimum atomic E-state index is -4.51. The number of rotatable bonds is 3. The molecule has 0 saturated heterocycles. The molecule has 4 nitrogen and oxygen atoms in total. The summed E-state index contributed by atoms with van der Waals surface area (Å²) < 4.78 is 39.1. The first-order valence-corrected chi connectivity index (χ1v) is 6.74. The molecule has 9 heteroatoms. The molecule has 0 fully saturated rings. The van der Waals surface area contributed by atoms with Gasteiger partial charge in [-0.15, -0.1) is 0 Å². The topological polar surface area (TPSA) is 63.0 Å². The molecule has 0 aliphatic rings. The number of alkyl halides is 3. The normalized spacial score (nSPS) is 11.3. The number of hydrogen-bond donors (Lipinski definition) is 3. The molecule has 0 saturated carbocycles. The third kappa shape index (κ3) is 3.99. The lowest BCUT2D eigenvalue weighted by atomic mass is 10.2. The summed E-state index contributed by atoms with van der Waals surface area (Å²) in [6, 6.07) is 6.62. The summed E-state index contributed by atoms with van der Waals surface area (Å²) >= 11 is 9.23. The highest BCUT2D eigenvalue weighted by molar-refractivity contribution is 9.10. The molecular weight excluding hydrogens is 373 g/mol. The van der Waals surface area contributed by atoms with Crippen LogP contribution in [0, 0.1) is 0 Å². The van der Waals surface area contributed by atoms with Crippen molar-refractivity contribution in [1.29, 1.82) is 0 Å². The van der Waals surface area contributed by atoms with Crippen molar-refractivity contribution in [3.05, 3.63) is 45.4 Å². The molecule has 2 aromatic rings. The Kier molecular flexibility index (Phi) is 4.60. The van der Waals surface area contributed by atoms with Crippen LogP contribution in [0.5, 0.6) is 0 Å². The van der Waals surface area contributed by atoms with E-state index in [9.17, 15) is 13.2 Å². The van der Waals surface area contributed by atoms with Crippen molar-refractivity contribution in [1.82, 2.24) is 4.98 Å². The molecule has 0 unspecified atom stereocenters. The van der Waals surface area contributed by atoms with Gasteiger partial charge in [0.15, 0.2) is 0 Å². The fourth-order valence-corrected chi connectivity index (χ4v) is 2.09. The van der Waals surface area contributed by atoms with E-state index in [0.29, 0.717) is 10.7 Å². The Balaban J connectivity index is 2.42. The van der Waals surface area contributed by atoms with Crippen LogP contribution in [-0.4, -0.2) is 4.98 Å². The number of hydrazine groups is 1. The van der Waals surface area contributed by atoms with Crippen LogP contribution in [0.15, 0.2) is 34.8 Å². The second-order valence-corrected chi connectivity index (χ2v) is 5.34. The predicted octanol–water partition coefficient (Wildman–Crippen LogP) is 4.55. The van der Waals surface area contributed by atoms with Gasteiger partial charge in [-0.2, -0.15) is 13.2 Å². The summed E-state index contributed by atoms with van der Waals surface area (Å²) in [5, 5.41) is 3.08. The highest BCUT2D eigenvalue weighted by Crippen LogP contribution is 2.34. The molecule has 0 radical (unpaired) electrons. The molecule has 0 amide bonds. The molecule has 1 aromatic carbocycles. The van der Waals surface area contributed by atoms with Crippen LogP contribution in [0.25, 0.3) is 0 Å². The minimum Gasteiger partial charge on any atom is -0.339 e. The molecule has 0 aliphatic carbocycles. The van der Waals surface area contributed by atoms with Gasteiger partial charge in [0.05, 0.1) is 16.3 Å². The van der Waals surface area contributed by atoms with Crippen LogP contribution < -0.4 is 16.6 Å². The van der Waals surface area contributed by atoms with Gasteiger partial charge < -0.3 is 10.7 Å². The Morgan fingerprint density at radius 3 is 2.43 bits per heavy atom. The van der Waals surface area contributed by atoms with Gasteiger partial charge in [0, 0.05) is 4.47 Å². The molecule has 0 aliphatic heterocycles. The van der Waals surface area contributed by atoms with Gasteiger partial charge in [-0.1, -0.05) is 27.5 Å². The monoisotopic (exact) mass is 380 g/mol. The van der Waals surface area contributed by atoms with E-state index in [4.69, 9.17) is 17.4 Å². The van der Waals surface area contributed by atoms with Crippen molar-refractivity contribution in [2.75, 3.05) is 10.7 Å². The number of pyridine rings is 1. The van der Waals surface area contributed by atoms with Gasteiger partial charge in [-0.3, -0.25) is 0 Å². The maximum Gasteiger partial charge on any atom is 0.416 e. The first kappa shape index (κ1) is 15.9. The summed E-state index contributed by atoms with van der Waals surface area (Å²) in [5.74, 6) is 4.99. The fourth-order valence-electron chi connectivity index (χ4n) is 1.56. The van der Waals surface area contributed by atoms with Gasteiger partial charge in [0.1, 0.15) is 11.6 Å². The number of hydrogen-bond acceptors (Lipinski definition) is 4. The van der Waals surface area contributed by atoms with Crippen LogP contribution in [0.3, 0.4) is 0 Å². The largest absolute Gasteiger partial charge is 0.416 e. The van der Waals surface area contributed by atoms with Crippen LogP contribution in [0.1, 0.15) is 5.56 Å². The number of nitrogens with zero attached hydrogens (tertiary/aromatic N) is 1. The molecule has 2 rings (SSSR count). The quantitative estimate of drug-likeness (QED) is 0.539. The van der Waals surface area contributed by atoms with Crippen molar-refractivity contribution < 1.29 is 13.2 Å². The number of nitrogen functional groups attached to an aromatic ring is 1. The summed E-state index contributed by atoms with van der Waals surface area (Å²) in [5.41, 5.74) is 1.64. The maximum atomic E-state index is 12.8. The second kappa shape index (κ2) is 6.08. The third-order valence-electron chi connectivity index (χ3n) is 2.49. The standard InChI is InChI=1S/C12H9BrClF3N4/c13-7-1-2-8(14)9(5-7)19-10-3-6(12(15,16)17)4-11(20-10)21-18/h1-5H,18H2,(H2,19,20,21). The molecule has 112 valence electrons. The van der Waals surface area contributed by atoms with Gasteiger partial charge in [0.2, 0.25) is 0 Å². The zero-order chi connectivity index (χ0) is 15.6. The Morgan fingerprint density at radius 1 is 1.14 bits per heavy atom. The van der Waals surface area contributed by atoms with E-state index < -0.39 is 11.7 Å². The average molecular weight is 382 g/mol. The van der Waals surface area contributed by atoms with E-state index in [2.05, 4.69) is 31.7 Å². The Hall–Kier alpha value is -1.51. The smallest absolute Gasteiger partial charge is 0.339 e. The van der Waals surface area contributed by atoms with Crippen LogP contribution in [0.2, 0.25) is 5.02 Å². The van der Waals surface area contributed by atoms with Crippen molar-refractivity contribution in [3.8, 4) is 0 Å². The van der Waals surface area contributed by atoms with Crippen LogP contribution in [-0.2, 0) is 6.18 Å². The number of benzene rings is 1. The molecule has 1 heterocycles. The van der Waals surface area contributed by atoms with E-state index in [1.165, 1.54) is 0 Å². The lowest BCUT2D eigenvalue weighted by molar-refractivity contribution is -0.137. The zero-order valence-electron chi connectivity index (χ0n) is 10.3. The Morgan fingerprint density at radius 2 is 1.81 bits per heavy atom. The molecule has 21 heavy (non-hydrogen) atoms. The third-order valence-corrected chi connectivity index (χ3v) is 3.31. The van der Waals surface area contributed by atoms with Crippen molar-refractivity contribution in [2.24, 2.45) is 5.84 Å². The van der Waals surface area contributed by atoms with Crippen molar-refractivity contribution in [3.63, 3.8) is 0 Å². The number of halogens is 5. The average Bonchev–Trinajstić information content (AvgIpc) is 2.41. The summed E-state index contributed by atoms with van der Waals surface area (Å²) in [7, 11) is 0. The number of nitrogens with two attached hydrogens (primary N) is 1. The maximum absolute atomic E-state index is 12.8. The Labute approximate surface area is 131 Å². The SMILES string of the molecule is NNc1cc(C(F)(F)F)cc(Nc2cc(Br)ccc2Cl)n1. The summed E-state index contributed by atoms with van der Waals surface area (Å²) in [4.78, 5) is 3.91. The summed E-state index contributed by atoms with van der Waals surface area (Å²) in [6.45, 7) is 0. The van der Waals surface area contributed by atoms with Crippen LogP contribution >= 0.6 is 27.5 Å². The van der Waals surface area contributed by atoms with Crippen molar-refractivity contribution >= 4 is 44.9 Å². The summed E-state index contributed by atoms with van der Waals surface area (Å²) in [6.07, 6.45) is -4.51. The predicted molar refractivity (Wildman–Crippen MR) is 79.5 cm³/mol. The van der Waals surface area contributed by atoms with E-state index in [1.807, 2.05) is 0 Å². The number of nitrogens with one attached hydrogen (secondary N) is 2. The minimum absolute atomic E-state index is 0.0298. The van der Waals surface area contributed by atoms with E-state index >= 15 is 0 Å². The fraction of sp³-hybridized carbons (Fsp3) is 0.0833. The van der Waals surface area contributed by atoms with Crippen LogP contribution in [0.4, 0.5) is 30.5 Å². The van der Waals surface area contributed by atoms with Gasteiger partial charge >= 0.3 is 6.18 Å². The lowest BCUT2D eigenvalue weighted by Gasteiger charge is -2.13. The van der Waals surface area contributed by atoms with E-state index in [1.54, 1.807) is 18.2 Å². The highest BCUT2D eigenvalue weighted by atomic mass is 79.9. The van der Waals surface area contributed by atoms with Gasteiger partial charge in [0.25, 0.3) is 0 Å². The lowest BCUT2D eigenvalue weighted by Crippen LogP contribution is -2.13. The zero-order valence-corrected chi connectivity index (χ0v) is 12.6. The molecule has 0 atom stereocenters. The number of aromatic nitrogens is 1. The van der Waals surface area contributed by atoms with Gasteiger partial charge in [-0.05, 0) is 30.3 Å². The molecule has 0 bridgehead atoms. The second-order valence-electron chi connectivity index (χ2n) is 4.02. The van der Waals surface area contributed by atoms with E-state index in [-0.39, 0.29) is 11.6 Å². The number of anilines is 3. The molecule has 4 N–H and O–H groups in total. The molecule has 1 aromatic heterocycles. The highest BCUT2D eigenvalue weighted by Gasteiger charge is 2.31. The van der Waals surface area contributed by atoms with E-state index in [0.717, 1.165) is 16.6 Å². The van der Waals surface area contributed by atoms with Crippen molar-refractivity contribution in [2.45, 2.75) is 6.18 Å². The Bertz CT molecular complexity index is 663. The molecular formula is C12H9BrClF3N4.